The Morgan fingerprint density at radius 3 is 2.38 bits per heavy atom. The third-order valence-corrected chi connectivity index (χ3v) is 6.03. The molecule has 2 N–H and O–H groups in total. The molecule has 0 radical (unpaired) electrons. The molecule has 0 atom stereocenters. The summed E-state index contributed by atoms with van der Waals surface area (Å²) in [4.78, 5) is 0.316. The average molecular weight is 368 g/mol. The highest BCUT2D eigenvalue weighted by atomic mass is 79.9. The van der Waals surface area contributed by atoms with Gasteiger partial charge in [-0.15, -0.1) is 0 Å². The van der Waals surface area contributed by atoms with Crippen LogP contribution in [0.15, 0.2) is 57.9 Å². The van der Waals surface area contributed by atoms with Crippen molar-refractivity contribution >= 4 is 31.5 Å². The Kier molecular flexibility index (Phi) is 5.42. The Morgan fingerprint density at radius 1 is 1.00 bits per heavy atom. The summed E-state index contributed by atoms with van der Waals surface area (Å²) in [5.41, 5.74) is 7.42. The zero-order chi connectivity index (χ0) is 15.3. The number of sulfone groups is 1. The van der Waals surface area contributed by atoms with Gasteiger partial charge in [-0.2, -0.15) is 0 Å². The van der Waals surface area contributed by atoms with Crippen LogP contribution in [0, 0.1) is 0 Å². The molecule has 112 valence electrons. The second kappa shape index (κ2) is 7.09. The third kappa shape index (κ3) is 4.58. The molecule has 0 fully saturated rings. The van der Waals surface area contributed by atoms with E-state index in [1.807, 2.05) is 18.2 Å². The van der Waals surface area contributed by atoms with Gasteiger partial charge < -0.3 is 5.73 Å². The van der Waals surface area contributed by atoms with E-state index in [1.54, 1.807) is 18.2 Å². The number of hydrogen-bond donors (Lipinski definition) is 1. The standard InChI is InChI=1S/C16H18BrNO2S/c17-15-12-14(18)9-10-16(15)21(19,20)11-5-4-8-13-6-2-1-3-7-13/h1-3,6-7,9-10,12H,4-5,8,11,18H2. The number of rotatable bonds is 6. The Bertz CT molecular complexity index is 699. The number of nitrogen functional groups attached to an aromatic ring is 1. The molecule has 3 nitrogen and oxygen atoms in total. The zero-order valence-electron chi connectivity index (χ0n) is 11.6. The third-order valence-electron chi connectivity index (χ3n) is 3.26. The maximum absolute atomic E-state index is 12.3. The molecule has 21 heavy (non-hydrogen) atoms. The number of nitrogens with two attached hydrogens (primary N) is 1. The normalized spacial score (nSPS) is 11.5. The molecule has 0 unspecified atom stereocenters. The van der Waals surface area contributed by atoms with Gasteiger partial charge in [-0.05, 0) is 59.0 Å². The lowest BCUT2D eigenvalue weighted by Crippen LogP contribution is -2.08. The monoisotopic (exact) mass is 367 g/mol. The summed E-state index contributed by atoms with van der Waals surface area (Å²) in [6, 6.07) is 14.9. The molecule has 2 rings (SSSR count). The summed E-state index contributed by atoms with van der Waals surface area (Å²) in [7, 11) is -3.26. The fourth-order valence-electron chi connectivity index (χ4n) is 2.15. The first-order valence-corrected chi connectivity index (χ1v) is 9.25. The number of aryl methyl sites for hydroxylation is 1. The Balaban J connectivity index is 1.92. The van der Waals surface area contributed by atoms with Crippen molar-refractivity contribution in [2.45, 2.75) is 24.2 Å². The lowest BCUT2D eigenvalue weighted by atomic mass is 10.1. The summed E-state index contributed by atoms with van der Waals surface area (Å²) in [6.45, 7) is 0. The minimum Gasteiger partial charge on any atom is -0.399 e. The van der Waals surface area contributed by atoms with E-state index in [1.165, 1.54) is 5.56 Å². The van der Waals surface area contributed by atoms with Gasteiger partial charge in [0.25, 0.3) is 0 Å². The van der Waals surface area contributed by atoms with Crippen molar-refractivity contribution in [1.82, 2.24) is 0 Å². The largest absolute Gasteiger partial charge is 0.399 e. The highest BCUT2D eigenvalue weighted by Crippen LogP contribution is 2.25. The van der Waals surface area contributed by atoms with Gasteiger partial charge >= 0.3 is 0 Å². The van der Waals surface area contributed by atoms with Crippen molar-refractivity contribution in [3.05, 3.63) is 58.6 Å². The molecule has 0 saturated heterocycles. The van der Waals surface area contributed by atoms with Crippen molar-refractivity contribution in [2.24, 2.45) is 0 Å². The van der Waals surface area contributed by atoms with Gasteiger partial charge in [0.2, 0.25) is 0 Å². The van der Waals surface area contributed by atoms with Crippen LogP contribution >= 0.6 is 15.9 Å². The number of unbranched alkanes of at least 4 members (excludes halogenated alkanes) is 1. The minimum absolute atomic E-state index is 0.155. The van der Waals surface area contributed by atoms with Crippen molar-refractivity contribution in [2.75, 3.05) is 11.5 Å². The second-order valence-corrected chi connectivity index (χ2v) is 7.88. The SMILES string of the molecule is Nc1ccc(S(=O)(=O)CCCCc2ccccc2)c(Br)c1. The minimum atomic E-state index is -3.26. The molecule has 0 aliphatic rings. The molecule has 0 heterocycles. The van der Waals surface area contributed by atoms with Crippen LogP contribution in [0.2, 0.25) is 0 Å². The van der Waals surface area contributed by atoms with Gasteiger partial charge in [-0.3, -0.25) is 0 Å². The van der Waals surface area contributed by atoms with E-state index in [-0.39, 0.29) is 5.75 Å². The first-order valence-electron chi connectivity index (χ1n) is 6.81. The van der Waals surface area contributed by atoms with E-state index < -0.39 is 9.84 Å². The van der Waals surface area contributed by atoms with Crippen LogP contribution in [0.25, 0.3) is 0 Å². The van der Waals surface area contributed by atoms with Crippen molar-refractivity contribution in [1.29, 1.82) is 0 Å². The van der Waals surface area contributed by atoms with Crippen LogP contribution in [-0.2, 0) is 16.3 Å². The average Bonchev–Trinajstić information content (AvgIpc) is 2.44. The molecular formula is C16H18BrNO2S. The second-order valence-electron chi connectivity index (χ2n) is 4.95. The number of benzene rings is 2. The van der Waals surface area contributed by atoms with Crippen LogP contribution in [0.5, 0.6) is 0 Å². The molecule has 0 amide bonds. The van der Waals surface area contributed by atoms with Crippen LogP contribution in [0.4, 0.5) is 5.69 Å². The van der Waals surface area contributed by atoms with E-state index >= 15 is 0 Å². The van der Waals surface area contributed by atoms with E-state index in [9.17, 15) is 8.42 Å². The molecule has 0 spiro atoms. The quantitative estimate of drug-likeness (QED) is 0.623. The Morgan fingerprint density at radius 2 is 1.71 bits per heavy atom. The van der Waals surface area contributed by atoms with Gasteiger partial charge in [0.1, 0.15) is 0 Å². The molecule has 2 aromatic rings. The van der Waals surface area contributed by atoms with Gasteiger partial charge in [0.05, 0.1) is 10.6 Å². The highest BCUT2D eigenvalue weighted by Gasteiger charge is 2.17. The Labute approximate surface area is 134 Å². The Hall–Kier alpha value is -1.33. The molecule has 2 aromatic carbocycles. The summed E-state index contributed by atoms with van der Waals surface area (Å²) >= 11 is 3.27. The highest BCUT2D eigenvalue weighted by molar-refractivity contribution is 9.10. The maximum Gasteiger partial charge on any atom is 0.179 e. The van der Waals surface area contributed by atoms with E-state index in [0.29, 0.717) is 21.5 Å². The molecular weight excluding hydrogens is 350 g/mol. The fraction of sp³-hybridized carbons (Fsp3) is 0.250. The predicted octanol–water partition coefficient (Wildman–Crippen LogP) is 3.83. The molecule has 0 aliphatic heterocycles. The van der Waals surface area contributed by atoms with E-state index in [2.05, 4.69) is 28.1 Å². The van der Waals surface area contributed by atoms with Crippen molar-refractivity contribution < 1.29 is 8.42 Å². The summed E-state index contributed by atoms with van der Waals surface area (Å²) in [5.74, 6) is 0.155. The van der Waals surface area contributed by atoms with Crippen LogP contribution in [0.1, 0.15) is 18.4 Å². The first kappa shape index (κ1) is 16.0. The van der Waals surface area contributed by atoms with E-state index in [4.69, 9.17) is 5.73 Å². The fourth-order valence-corrected chi connectivity index (χ4v) is 4.72. The molecule has 0 aromatic heterocycles. The van der Waals surface area contributed by atoms with Crippen LogP contribution in [-0.4, -0.2) is 14.2 Å². The van der Waals surface area contributed by atoms with Crippen LogP contribution in [0.3, 0.4) is 0 Å². The lowest BCUT2D eigenvalue weighted by molar-refractivity contribution is 0.591. The van der Waals surface area contributed by atoms with Gasteiger partial charge in [-0.1, -0.05) is 30.3 Å². The smallest absolute Gasteiger partial charge is 0.179 e. The van der Waals surface area contributed by atoms with E-state index in [0.717, 1.165) is 12.8 Å². The van der Waals surface area contributed by atoms with Gasteiger partial charge in [0.15, 0.2) is 9.84 Å². The maximum atomic E-state index is 12.3. The molecule has 5 heteroatoms. The summed E-state index contributed by atoms with van der Waals surface area (Å²) in [6.07, 6.45) is 2.41. The predicted molar refractivity (Wildman–Crippen MR) is 90.0 cm³/mol. The summed E-state index contributed by atoms with van der Waals surface area (Å²) < 4.78 is 25.1. The van der Waals surface area contributed by atoms with Crippen molar-refractivity contribution in [3.8, 4) is 0 Å². The van der Waals surface area contributed by atoms with Crippen LogP contribution < -0.4 is 5.73 Å². The number of halogens is 1. The molecule has 0 bridgehead atoms. The number of hydrogen-bond acceptors (Lipinski definition) is 3. The van der Waals surface area contributed by atoms with Gasteiger partial charge in [-0.25, -0.2) is 8.42 Å². The van der Waals surface area contributed by atoms with Crippen molar-refractivity contribution in [3.63, 3.8) is 0 Å². The zero-order valence-corrected chi connectivity index (χ0v) is 14.0. The first-order chi connectivity index (χ1) is 9.99. The molecule has 0 aliphatic carbocycles. The number of anilines is 1. The topological polar surface area (TPSA) is 60.2 Å². The van der Waals surface area contributed by atoms with Gasteiger partial charge in [0, 0.05) is 10.2 Å². The lowest BCUT2D eigenvalue weighted by Gasteiger charge is -2.07. The molecule has 0 saturated carbocycles. The summed E-state index contributed by atoms with van der Waals surface area (Å²) in [5, 5.41) is 0.